The Morgan fingerprint density at radius 1 is 1.37 bits per heavy atom. The van der Waals surface area contributed by atoms with Gasteiger partial charge in [-0.25, -0.2) is 0 Å². The molecule has 2 saturated heterocycles. The molecule has 1 aromatic rings. The van der Waals surface area contributed by atoms with Crippen molar-refractivity contribution in [2.24, 2.45) is 5.41 Å². The highest BCUT2D eigenvalue weighted by atomic mass is 16.5. The third-order valence-electron chi connectivity index (χ3n) is 5.83. The van der Waals surface area contributed by atoms with Crippen LogP contribution in [0.3, 0.4) is 0 Å². The summed E-state index contributed by atoms with van der Waals surface area (Å²) in [6.07, 6.45) is 7.51. The van der Waals surface area contributed by atoms with E-state index in [1.807, 2.05) is 9.80 Å². The highest BCUT2D eigenvalue weighted by molar-refractivity contribution is 5.95. The van der Waals surface area contributed by atoms with Crippen molar-refractivity contribution in [3.8, 4) is 0 Å². The first kappa shape index (κ1) is 19.9. The van der Waals surface area contributed by atoms with Gasteiger partial charge in [-0.3, -0.25) is 9.59 Å². The molecule has 3 heterocycles. The summed E-state index contributed by atoms with van der Waals surface area (Å²) in [7, 11) is 1.68. The van der Waals surface area contributed by atoms with Gasteiger partial charge in [0.05, 0.1) is 6.20 Å². The van der Waals surface area contributed by atoms with Crippen LogP contribution in [-0.4, -0.2) is 66.7 Å². The predicted octanol–water partition coefficient (Wildman–Crippen LogP) is 2.51. The van der Waals surface area contributed by atoms with Gasteiger partial charge in [-0.1, -0.05) is 12.1 Å². The second-order valence-corrected chi connectivity index (χ2v) is 7.90. The zero-order valence-electron chi connectivity index (χ0n) is 16.5. The molecule has 0 radical (unpaired) electrons. The monoisotopic (exact) mass is 377 g/mol. The van der Waals surface area contributed by atoms with Gasteiger partial charge in [0, 0.05) is 58.2 Å². The fraction of sp³-hybridized carbons (Fsp3) is 0.750. The number of aromatic nitrogens is 1. The minimum absolute atomic E-state index is 0.0109. The lowest BCUT2D eigenvalue weighted by molar-refractivity contribution is -0.139. The molecule has 7 heteroatoms. The van der Waals surface area contributed by atoms with Gasteiger partial charge in [-0.2, -0.15) is 0 Å². The zero-order valence-corrected chi connectivity index (χ0v) is 16.5. The molecule has 1 spiro atoms. The van der Waals surface area contributed by atoms with Crippen LogP contribution in [0.15, 0.2) is 10.7 Å². The molecule has 0 aliphatic carbocycles. The average Bonchev–Trinajstić information content (AvgIpc) is 3.13. The number of hydrogen-bond donors (Lipinski definition) is 0. The Labute approximate surface area is 161 Å². The third-order valence-corrected chi connectivity index (χ3v) is 5.83. The summed E-state index contributed by atoms with van der Waals surface area (Å²) in [5, 5.41) is 3.84. The molecule has 0 N–H and O–H groups in total. The molecule has 0 bridgehead atoms. The third kappa shape index (κ3) is 4.51. The van der Waals surface area contributed by atoms with Crippen molar-refractivity contribution in [1.29, 1.82) is 0 Å². The Balaban J connectivity index is 1.68. The standard InChI is InChI=1S/C20H31N3O4/c1-3-6-17-16(13-21-27-17)19(25)23-10-4-8-20(15-23)9-7-18(24)22(14-20)11-5-12-26-2/h13H,3-12,14-15H2,1-2H3/t20-/m0/s1. The van der Waals surface area contributed by atoms with Crippen LogP contribution >= 0.6 is 0 Å². The van der Waals surface area contributed by atoms with Crippen molar-refractivity contribution in [2.45, 2.75) is 51.9 Å². The molecule has 0 saturated carbocycles. The first-order chi connectivity index (χ1) is 13.1. The topological polar surface area (TPSA) is 75.9 Å². The summed E-state index contributed by atoms with van der Waals surface area (Å²) in [6, 6.07) is 0. The number of ether oxygens (including phenoxy) is 1. The molecule has 27 heavy (non-hydrogen) atoms. The molecule has 2 fully saturated rings. The largest absolute Gasteiger partial charge is 0.385 e. The maximum Gasteiger partial charge on any atom is 0.259 e. The number of amides is 2. The molecule has 2 amide bonds. The summed E-state index contributed by atoms with van der Waals surface area (Å²) in [5.74, 6) is 0.924. The van der Waals surface area contributed by atoms with Crippen molar-refractivity contribution in [3.05, 3.63) is 17.5 Å². The van der Waals surface area contributed by atoms with Crippen molar-refractivity contribution in [2.75, 3.05) is 39.9 Å². The average molecular weight is 377 g/mol. The maximum atomic E-state index is 13.1. The highest BCUT2D eigenvalue weighted by Gasteiger charge is 2.43. The van der Waals surface area contributed by atoms with E-state index in [-0.39, 0.29) is 17.2 Å². The molecule has 1 aromatic heterocycles. The van der Waals surface area contributed by atoms with Crippen molar-refractivity contribution >= 4 is 11.8 Å². The van der Waals surface area contributed by atoms with Crippen LogP contribution < -0.4 is 0 Å². The van der Waals surface area contributed by atoms with E-state index in [9.17, 15) is 9.59 Å². The maximum absolute atomic E-state index is 13.1. The van der Waals surface area contributed by atoms with E-state index >= 15 is 0 Å². The Hall–Kier alpha value is -1.89. The lowest BCUT2D eigenvalue weighted by Crippen LogP contribution is -2.55. The van der Waals surface area contributed by atoms with E-state index in [4.69, 9.17) is 9.26 Å². The van der Waals surface area contributed by atoms with Crippen LogP contribution in [0.1, 0.15) is 61.6 Å². The molecule has 2 aliphatic heterocycles. The lowest BCUT2D eigenvalue weighted by Gasteiger charge is -2.48. The molecule has 2 aliphatic rings. The number of carbonyl (C=O) groups is 2. The van der Waals surface area contributed by atoms with Crippen molar-refractivity contribution in [1.82, 2.24) is 15.0 Å². The summed E-state index contributed by atoms with van der Waals surface area (Å²) in [6.45, 7) is 5.66. The number of carbonyl (C=O) groups excluding carboxylic acids is 2. The van der Waals surface area contributed by atoms with Gasteiger partial charge >= 0.3 is 0 Å². The van der Waals surface area contributed by atoms with Gasteiger partial charge in [-0.15, -0.1) is 0 Å². The van der Waals surface area contributed by atoms with Crippen molar-refractivity contribution < 1.29 is 18.8 Å². The van der Waals surface area contributed by atoms with Gasteiger partial charge in [0.1, 0.15) is 11.3 Å². The summed E-state index contributed by atoms with van der Waals surface area (Å²) >= 11 is 0. The first-order valence-corrected chi connectivity index (χ1v) is 10.1. The number of hydrogen-bond acceptors (Lipinski definition) is 5. The van der Waals surface area contributed by atoms with E-state index in [1.54, 1.807) is 13.3 Å². The normalized spacial score (nSPS) is 23.3. The van der Waals surface area contributed by atoms with Crippen molar-refractivity contribution in [3.63, 3.8) is 0 Å². The van der Waals surface area contributed by atoms with Crippen LogP contribution in [-0.2, 0) is 16.0 Å². The lowest BCUT2D eigenvalue weighted by atomic mass is 9.73. The smallest absolute Gasteiger partial charge is 0.259 e. The Morgan fingerprint density at radius 2 is 2.22 bits per heavy atom. The van der Waals surface area contributed by atoms with Gasteiger partial charge in [0.25, 0.3) is 5.91 Å². The molecule has 150 valence electrons. The van der Waals surface area contributed by atoms with Gasteiger partial charge in [0.2, 0.25) is 5.91 Å². The summed E-state index contributed by atoms with van der Waals surface area (Å²) in [5.41, 5.74) is 0.606. The second-order valence-electron chi connectivity index (χ2n) is 7.90. The van der Waals surface area contributed by atoms with Gasteiger partial charge < -0.3 is 19.1 Å². The Kier molecular flexibility index (Phi) is 6.52. The van der Waals surface area contributed by atoms with Crippen LogP contribution in [0.25, 0.3) is 0 Å². The Bertz CT molecular complexity index is 659. The van der Waals surface area contributed by atoms with Crippen LogP contribution in [0.4, 0.5) is 0 Å². The fourth-order valence-electron chi connectivity index (χ4n) is 4.44. The minimum Gasteiger partial charge on any atom is -0.385 e. The Morgan fingerprint density at radius 3 is 3.00 bits per heavy atom. The molecular weight excluding hydrogens is 346 g/mol. The van der Waals surface area contributed by atoms with E-state index in [0.717, 1.165) is 58.2 Å². The highest BCUT2D eigenvalue weighted by Crippen LogP contribution is 2.39. The van der Waals surface area contributed by atoms with Gasteiger partial charge in [0.15, 0.2) is 0 Å². The number of nitrogens with zero attached hydrogens (tertiary/aromatic N) is 3. The molecule has 7 nitrogen and oxygen atoms in total. The summed E-state index contributed by atoms with van der Waals surface area (Å²) < 4.78 is 10.4. The molecule has 0 unspecified atom stereocenters. The van der Waals surface area contributed by atoms with E-state index in [2.05, 4.69) is 12.1 Å². The van der Waals surface area contributed by atoms with Gasteiger partial charge in [-0.05, 0) is 32.1 Å². The first-order valence-electron chi connectivity index (χ1n) is 10.1. The zero-order chi connectivity index (χ0) is 19.3. The minimum atomic E-state index is 0.0109. The molecule has 3 rings (SSSR count). The number of aryl methyl sites for hydroxylation is 1. The van der Waals surface area contributed by atoms with E-state index in [1.165, 1.54) is 0 Å². The van der Waals surface area contributed by atoms with E-state index < -0.39 is 0 Å². The number of likely N-dealkylation sites (tertiary alicyclic amines) is 2. The molecular formula is C20H31N3O4. The van der Waals surface area contributed by atoms with E-state index in [0.29, 0.717) is 30.9 Å². The number of rotatable bonds is 7. The van der Waals surface area contributed by atoms with Crippen LogP contribution in [0, 0.1) is 5.41 Å². The second kappa shape index (κ2) is 8.87. The molecule has 1 atom stereocenters. The fourth-order valence-corrected chi connectivity index (χ4v) is 4.44. The van der Waals surface area contributed by atoms with Crippen LogP contribution in [0.2, 0.25) is 0 Å². The summed E-state index contributed by atoms with van der Waals surface area (Å²) in [4.78, 5) is 29.3. The van der Waals surface area contributed by atoms with Crippen LogP contribution in [0.5, 0.6) is 0 Å². The quantitative estimate of drug-likeness (QED) is 0.683. The number of piperidine rings is 2. The predicted molar refractivity (Wildman–Crippen MR) is 100 cm³/mol. The molecule has 0 aromatic carbocycles. The number of methoxy groups -OCH3 is 1. The SMILES string of the molecule is CCCc1oncc1C(=O)N1CCC[C@@]2(CCC(=O)N(CCCOC)C2)C1.